The maximum absolute atomic E-state index is 12.4. The molecule has 1 fully saturated rings. The molecule has 3 nitrogen and oxygen atoms in total. The molecule has 0 saturated carbocycles. The summed E-state index contributed by atoms with van der Waals surface area (Å²) < 4.78 is 37.2. The molecule has 1 heterocycles. The molecule has 0 amide bonds. The molecule has 0 aromatic heterocycles. The third-order valence-electron chi connectivity index (χ3n) is 3.86. The smallest absolute Gasteiger partial charge is 0.382 e. The number of aliphatic hydroxyl groups is 1. The first-order valence-corrected chi connectivity index (χ1v) is 6.64. The van der Waals surface area contributed by atoms with Crippen molar-refractivity contribution in [2.75, 3.05) is 26.2 Å². The molecule has 6 heteroatoms. The quantitative estimate of drug-likeness (QED) is 0.884. The van der Waals surface area contributed by atoms with Gasteiger partial charge in [-0.2, -0.15) is 13.2 Å². The highest BCUT2D eigenvalue weighted by molar-refractivity contribution is 5.22. The molecule has 3 atom stereocenters. The first-order chi connectivity index (χ1) is 9.41. The minimum Gasteiger partial charge on any atom is -0.382 e. The monoisotopic (exact) mass is 288 g/mol. The Morgan fingerprint density at radius 2 is 1.90 bits per heavy atom. The fourth-order valence-corrected chi connectivity index (χ4v) is 2.77. The number of benzene rings is 1. The van der Waals surface area contributed by atoms with Crippen LogP contribution in [0.15, 0.2) is 30.3 Å². The van der Waals surface area contributed by atoms with E-state index in [2.05, 4.69) is 0 Å². The van der Waals surface area contributed by atoms with Crippen molar-refractivity contribution in [1.82, 2.24) is 4.90 Å². The molecular formula is C14H19F3N2O. The number of likely N-dealkylation sites (tertiary alicyclic amines) is 1. The van der Waals surface area contributed by atoms with Crippen LogP contribution in [0.4, 0.5) is 13.2 Å². The zero-order valence-corrected chi connectivity index (χ0v) is 11.1. The van der Waals surface area contributed by atoms with E-state index in [0.717, 1.165) is 5.56 Å². The van der Waals surface area contributed by atoms with Gasteiger partial charge in [0, 0.05) is 25.6 Å². The molecule has 1 aromatic rings. The summed E-state index contributed by atoms with van der Waals surface area (Å²) in [4.78, 5) is 1.65. The maximum atomic E-state index is 12.4. The zero-order chi connectivity index (χ0) is 14.8. The highest BCUT2D eigenvalue weighted by Gasteiger charge is 2.41. The van der Waals surface area contributed by atoms with Gasteiger partial charge in [0.25, 0.3) is 0 Å². The van der Waals surface area contributed by atoms with Gasteiger partial charge >= 0.3 is 6.18 Å². The molecule has 1 aliphatic rings. The van der Waals surface area contributed by atoms with Gasteiger partial charge in [0.05, 0.1) is 0 Å². The summed E-state index contributed by atoms with van der Waals surface area (Å²) in [5.41, 5.74) is 6.82. The Labute approximate surface area is 116 Å². The second kappa shape index (κ2) is 6.11. The number of aliphatic hydroxyl groups excluding tert-OH is 1. The van der Waals surface area contributed by atoms with E-state index in [4.69, 9.17) is 10.8 Å². The van der Waals surface area contributed by atoms with Gasteiger partial charge in [-0.25, -0.2) is 0 Å². The standard InChI is InChI=1S/C14H19F3N2O/c15-14(16,17)13(20)9-19-7-11(6-18)12(8-19)10-4-2-1-3-5-10/h1-5,11-13,20H,6-9,18H2/t11-,12+,13?/m1/s1. The molecule has 20 heavy (non-hydrogen) atoms. The SMILES string of the molecule is NC[C@@H]1CN(CC(O)C(F)(F)F)C[C@H]1c1ccccc1. The van der Waals surface area contributed by atoms with Crippen molar-refractivity contribution in [3.8, 4) is 0 Å². The average molecular weight is 288 g/mol. The first-order valence-electron chi connectivity index (χ1n) is 6.64. The number of nitrogens with zero attached hydrogens (tertiary/aromatic N) is 1. The molecule has 2 rings (SSSR count). The summed E-state index contributed by atoms with van der Waals surface area (Å²) in [5, 5.41) is 9.16. The van der Waals surface area contributed by atoms with Crippen molar-refractivity contribution in [3.05, 3.63) is 35.9 Å². The fraction of sp³-hybridized carbons (Fsp3) is 0.571. The number of hydrogen-bond acceptors (Lipinski definition) is 3. The molecule has 1 saturated heterocycles. The highest BCUT2D eigenvalue weighted by atomic mass is 19.4. The van der Waals surface area contributed by atoms with Gasteiger partial charge in [-0.1, -0.05) is 30.3 Å². The molecule has 1 aromatic carbocycles. The number of β-amino-alcohol motifs (C(OH)–C–C–N with tert-alkyl or cyclic N) is 1. The molecular weight excluding hydrogens is 269 g/mol. The Bertz CT molecular complexity index is 424. The molecule has 0 radical (unpaired) electrons. The Morgan fingerprint density at radius 1 is 1.25 bits per heavy atom. The lowest BCUT2D eigenvalue weighted by atomic mass is 9.89. The topological polar surface area (TPSA) is 49.5 Å². The Morgan fingerprint density at radius 3 is 2.45 bits per heavy atom. The van der Waals surface area contributed by atoms with E-state index in [1.807, 2.05) is 30.3 Å². The van der Waals surface area contributed by atoms with Gasteiger partial charge in [0.1, 0.15) is 0 Å². The number of hydrogen-bond donors (Lipinski definition) is 2. The van der Waals surface area contributed by atoms with Gasteiger partial charge < -0.3 is 10.8 Å². The highest BCUT2D eigenvalue weighted by Crippen LogP contribution is 2.33. The second-order valence-electron chi connectivity index (χ2n) is 5.29. The molecule has 112 valence electrons. The average Bonchev–Trinajstić information content (AvgIpc) is 2.81. The Balaban J connectivity index is 2.03. The first kappa shape index (κ1) is 15.3. The van der Waals surface area contributed by atoms with Crippen molar-refractivity contribution >= 4 is 0 Å². The van der Waals surface area contributed by atoms with Crippen LogP contribution < -0.4 is 5.73 Å². The lowest BCUT2D eigenvalue weighted by Gasteiger charge is -2.21. The molecule has 0 aliphatic carbocycles. The van der Waals surface area contributed by atoms with Crippen LogP contribution in [-0.2, 0) is 0 Å². The molecule has 1 unspecified atom stereocenters. The number of alkyl halides is 3. The lowest BCUT2D eigenvalue weighted by molar-refractivity contribution is -0.207. The predicted octanol–water partition coefficient (Wildman–Crippen LogP) is 1.58. The Kier molecular flexibility index (Phi) is 4.67. The Hall–Kier alpha value is -1.11. The maximum Gasteiger partial charge on any atom is 0.415 e. The predicted molar refractivity (Wildman–Crippen MR) is 70.2 cm³/mol. The fourth-order valence-electron chi connectivity index (χ4n) is 2.77. The summed E-state index contributed by atoms with van der Waals surface area (Å²) in [7, 11) is 0. The molecule has 3 N–H and O–H groups in total. The van der Waals surface area contributed by atoms with Crippen LogP contribution in [0.2, 0.25) is 0 Å². The number of rotatable bonds is 4. The van der Waals surface area contributed by atoms with E-state index in [0.29, 0.717) is 19.6 Å². The summed E-state index contributed by atoms with van der Waals surface area (Å²) in [6.45, 7) is 1.03. The summed E-state index contributed by atoms with van der Waals surface area (Å²) in [5.74, 6) is 0.250. The van der Waals surface area contributed by atoms with Crippen LogP contribution in [-0.4, -0.2) is 48.5 Å². The van der Waals surface area contributed by atoms with Crippen LogP contribution in [0.5, 0.6) is 0 Å². The van der Waals surface area contributed by atoms with Gasteiger partial charge in [-0.05, 0) is 18.0 Å². The largest absolute Gasteiger partial charge is 0.415 e. The number of halogens is 3. The van der Waals surface area contributed by atoms with Crippen LogP contribution in [0.1, 0.15) is 11.5 Å². The van der Waals surface area contributed by atoms with E-state index < -0.39 is 12.3 Å². The lowest BCUT2D eigenvalue weighted by Crippen LogP contribution is -2.40. The van der Waals surface area contributed by atoms with Crippen LogP contribution in [0.25, 0.3) is 0 Å². The molecule has 1 aliphatic heterocycles. The third kappa shape index (κ3) is 3.50. The van der Waals surface area contributed by atoms with Crippen molar-refractivity contribution in [2.24, 2.45) is 11.7 Å². The van der Waals surface area contributed by atoms with Crippen molar-refractivity contribution in [2.45, 2.75) is 18.2 Å². The van der Waals surface area contributed by atoms with E-state index in [1.54, 1.807) is 4.90 Å². The summed E-state index contributed by atoms with van der Waals surface area (Å²) in [6, 6.07) is 9.67. The van der Waals surface area contributed by atoms with Gasteiger partial charge in [0.15, 0.2) is 6.10 Å². The molecule has 0 spiro atoms. The van der Waals surface area contributed by atoms with Crippen LogP contribution in [0.3, 0.4) is 0 Å². The van der Waals surface area contributed by atoms with E-state index in [1.165, 1.54) is 0 Å². The van der Waals surface area contributed by atoms with Crippen molar-refractivity contribution in [1.29, 1.82) is 0 Å². The zero-order valence-electron chi connectivity index (χ0n) is 11.1. The van der Waals surface area contributed by atoms with Crippen LogP contribution >= 0.6 is 0 Å². The van der Waals surface area contributed by atoms with Crippen LogP contribution in [0, 0.1) is 5.92 Å². The minimum absolute atomic E-state index is 0.123. The second-order valence-corrected chi connectivity index (χ2v) is 5.29. The van der Waals surface area contributed by atoms with Gasteiger partial charge in [0.2, 0.25) is 0 Å². The third-order valence-corrected chi connectivity index (χ3v) is 3.86. The summed E-state index contributed by atoms with van der Waals surface area (Å²) in [6.07, 6.45) is -6.86. The van der Waals surface area contributed by atoms with Gasteiger partial charge in [-0.3, -0.25) is 4.90 Å². The minimum atomic E-state index is -4.57. The summed E-state index contributed by atoms with van der Waals surface area (Å²) >= 11 is 0. The van der Waals surface area contributed by atoms with E-state index >= 15 is 0 Å². The van der Waals surface area contributed by atoms with Gasteiger partial charge in [-0.15, -0.1) is 0 Å². The number of nitrogens with two attached hydrogens (primary N) is 1. The van der Waals surface area contributed by atoms with E-state index in [-0.39, 0.29) is 18.4 Å². The van der Waals surface area contributed by atoms with E-state index in [9.17, 15) is 13.2 Å². The molecule has 0 bridgehead atoms. The van der Waals surface area contributed by atoms with Crippen molar-refractivity contribution < 1.29 is 18.3 Å². The van der Waals surface area contributed by atoms with Crippen molar-refractivity contribution in [3.63, 3.8) is 0 Å². The normalized spacial score (nSPS) is 25.9.